The summed E-state index contributed by atoms with van der Waals surface area (Å²) >= 11 is 0. The molecule has 0 aliphatic carbocycles. The van der Waals surface area contributed by atoms with Gasteiger partial charge in [-0.25, -0.2) is 8.42 Å². The number of sulfonamides is 1. The van der Waals surface area contributed by atoms with E-state index in [1.54, 1.807) is 29.4 Å². The highest BCUT2D eigenvalue weighted by Gasteiger charge is 2.31. The van der Waals surface area contributed by atoms with Gasteiger partial charge in [0.1, 0.15) is 0 Å². The SMILES string of the molecule is Cc1ccc(C(=O)N2c3ccccc3CCC2C)cc1S(=O)(=O)N1CCCCC1. The lowest BCUT2D eigenvalue weighted by atomic mass is 9.95. The molecule has 2 heterocycles. The number of fused-ring (bicyclic) bond motifs is 1. The molecule has 1 saturated heterocycles. The first-order valence-corrected chi connectivity index (χ1v) is 11.9. The van der Waals surface area contributed by atoms with Crippen LogP contribution in [0.5, 0.6) is 0 Å². The number of amides is 1. The van der Waals surface area contributed by atoms with Gasteiger partial charge >= 0.3 is 0 Å². The number of aryl methyl sites for hydroxylation is 2. The van der Waals surface area contributed by atoms with Crippen molar-refractivity contribution in [3.8, 4) is 0 Å². The highest BCUT2D eigenvalue weighted by molar-refractivity contribution is 7.89. The molecule has 2 aromatic carbocycles. The predicted molar refractivity (Wildman–Crippen MR) is 115 cm³/mol. The summed E-state index contributed by atoms with van der Waals surface area (Å²) in [5, 5.41) is 0. The summed E-state index contributed by atoms with van der Waals surface area (Å²) in [4.78, 5) is 15.5. The van der Waals surface area contributed by atoms with E-state index in [0.29, 0.717) is 24.2 Å². The Hall–Kier alpha value is -2.18. The number of rotatable bonds is 3. The summed E-state index contributed by atoms with van der Waals surface area (Å²) in [6.07, 6.45) is 4.69. The van der Waals surface area contributed by atoms with Gasteiger partial charge < -0.3 is 4.90 Å². The van der Waals surface area contributed by atoms with Crippen LogP contribution in [0.25, 0.3) is 0 Å². The number of hydrogen-bond donors (Lipinski definition) is 0. The van der Waals surface area contributed by atoms with Crippen LogP contribution in [0, 0.1) is 6.92 Å². The van der Waals surface area contributed by atoms with Crippen LogP contribution in [0.4, 0.5) is 5.69 Å². The minimum Gasteiger partial charge on any atom is -0.305 e. The number of nitrogens with zero attached hydrogens (tertiary/aromatic N) is 2. The van der Waals surface area contributed by atoms with Gasteiger partial charge in [0.25, 0.3) is 5.91 Å². The van der Waals surface area contributed by atoms with Gasteiger partial charge in [0.15, 0.2) is 0 Å². The molecule has 1 atom stereocenters. The Balaban J connectivity index is 1.72. The van der Waals surface area contributed by atoms with Gasteiger partial charge in [-0.15, -0.1) is 0 Å². The molecule has 4 rings (SSSR count). The van der Waals surface area contributed by atoms with E-state index < -0.39 is 10.0 Å². The van der Waals surface area contributed by atoms with Gasteiger partial charge in [-0.2, -0.15) is 4.31 Å². The first-order chi connectivity index (χ1) is 13.9. The molecule has 1 unspecified atom stereocenters. The molecule has 0 spiro atoms. The summed E-state index contributed by atoms with van der Waals surface area (Å²) in [5.41, 5.74) is 3.19. The van der Waals surface area contributed by atoms with Crippen LogP contribution >= 0.6 is 0 Å². The summed E-state index contributed by atoms with van der Waals surface area (Å²) in [6, 6.07) is 13.1. The zero-order valence-corrected chi connectivity index (χ0v) is 17.9. The average molecular weight is 413 g/mol. The summed E-state index contributed by atoms with van der Waals surface area (Å²) in [5.74, 6) is -0.139. The molecular weight excluding hydrogens is 384 g/mol. The minimum atomic E-state index is -3.59. The van der Waals surface area contributed by atoms with E-state index in [2.05, 4.69) is 6.07 Å². The molecule has 154 valence electrons. The Labute approximate surface area is 173 Å². The zero-order chi connectivity index (χ0) is 20.6. The lowest BCUT2D eigenvalue weighted by Gasteiger charge is -2.35. The summed E-state index contributed by atoms with van der Waals surface area (Å²) < 4.78 is 28.0. The first kappa shape index (κ1) is 20.1. The number of anilines is 1. The molecule has 6 heteroatoms. The number of carbonyl (C=O) groups excluding carboxylic acids is 1. The lowest BCUT2D eigenvalue weighted by molar-refractivity contribution is 0.0975. The van der Waals surface area contributed by atoms with E-state index in [0.717, 1.165) is 43.4 Å². The molecular formula is C23H28N2O3S. The summed E-state index contributed by atoms with van der Waals surface area (Å²) in [7, 11) is -3.59. The third-order valence-electron chi connectivity index (χ3n) is 6.11. The smallest absolute Gasteiger partial charge is 0.258 e. The highest BCUT2D eigenvalue weighted by atomic mass is 32.2. The van der Waals surface area contributed by atoms with Crippen LogP contribution in [0.15, 0.2) is 47.4 Å². The van der Waals surface area contributed by atoms with Gasteiger partial charge in [0, 0.05) is 30.4 Å². The Kier molecular flexibility index (Phi) is 5.49. The van der Waals surface area contributed by atoms with Crippen molar-refractivity contribution in [3.05, 3.63) is 59.2 Å². The minimum absolute atomic E-state index is 0.0702. The van der Waals surface area contributed by atoms with Crippen molar-refractivity contribution in [2.24, 2.45) is 0 Å². The van der Waals surface area contributed by atoms with Crippen molar-refractivity contribution in [1.29, 1.82) is 0 Å². The number of benzene rings is 2. The van der Waals surface area contributed by atoms with E-state index >= 15 is 0 Å². The van der Waals surface area contributed by atoms with E-state index in [-0.39, 0.29) is 16.8 Å². The first-order valence-electron chi connectivity index (χ1n) is 10.4. The second-order valence-electron chi connectivity index (χ2n) is 8.14. The van der Waals surface area contributed by atoms with Gasteiger partial charge in [-0.1, -0.05) is 30.7 Å². The van der Waals surface area contributed by atoms with Crippen molar-refractivity contribution in [2.45, 2.75) is 56.9 Å². The Morgan fingerprint density at radius 2 is 1.76 bits per heavy atom. The van der Waals surface area contributed by atoms with E-state index in [9.17, 15) is 13.2 Å². The zero-order valence-electron chi connectivity index (χ0n) is 17.1. The van der Waals surface area contributed by atoms with Crippen molar-refractivity contribution in [2.75, 3.05) is 18.0 Å². The monoisotopic (exact) mass is 412 g/mol. The van der Waals surface area contributed by atoms with Gasteiger partial charge in [-0.05, 0) is 68.9 Å². The molecule has 1 amide bonds. The number of hydrogen-bond acceptors (Lipinski definition) is 3. The second-order valence-corrected chi connectivity index (χ2v) is 10.0. The maximum Gasteiger partial charge on any atom is 0.258 e. The summed E-state index contributed by atoms with van der Waals surface area (Å²) in [6.45, 7) is 4.95. The third kappa shape index (κ3) is 3.71. The van der Waals surface area contributed by atoms with E-state index in [1.165, 1.54) is 0 Å². The molecule has 1 fully saturated rings. The van der Waals surface area contributed by atoms with Crippen molar-refractivity contribution < 1.29 is 13.2 Å². The molecule has 5 nitrogen and oxygen atoms in total. The normalized spacial score (nSPS) is 20.3. The lowest BCUT2D eigenvalue weighted by Crippen LogP contribution is -2.42. The van der Waals surface area contributed by atoms with Gasteiger partial charge in [0.05, 0.1) is 4.90 Å². The van der Waals surface area contributed by atoms with Crippen LogP contribution in [0.1, 0.15) is 54.1 Å². The molecule has 0 bridgehead atoms. The standard InChI is InChI=1S/C23H28N2O3S/c1-17-10-12-20(16-22(17)29(27,28)24-14-6-3-7-15-24)23(26)25-18(2)11-13-19-8-4-5-9-21(19)25/h4-5,8-10,12,16,18H,3,6-7,11,13-15H2,1-2H3. The quantitative estimate of drug-likeness (QED) is 0.761. The Morgan fingerprint density at radius 1 is 1.03 bits per heavy atom. The maximum atomic E-state index is 13.5. The van der Waals surface area contributed by atoms with Crippen molar-refractivity contribution in [3.63, 3.8) is 0 Å². The fourth-order valence-corrected chi connectivity index (χ4v) is 6.16. The molecule has 2 aromatic rings. The number of para-hydroxylation sites is 1. The van der Waals surface area contributed by atoms with Crippen molar-refractivity contribution in [1.82, 2.24) is 4.31 Å². The van der Waals surface area contributed by atoms with Crippen LogP contribution < -0.4 is 4.90 Å². The number of carbonyl (C=O) groups is 1. The van der Waals surface area contributed by atoms with Crippen LogP contribution in [-0.4, -0.2) is 37.8 Å². The molecule has 0 saturated carbocycles. The van der Waals surface area contributed by atoms with Crippen LogP contribution in [0.3, 0.4) is 0 Å². The topological polar surface area (TPSA) is 57.7 Å². The molecule has 0 radical (unpaired) electrons. The number of piperidine rings is 1. The van der Waals surface area contributed by atoms with Gasteiger partial charge in [-0.3, -0.25) is 4.79 Å². The van der Waals surface area contributed by atoms with E-state index in [4.69, 9.17) is 0 Å². The predicted octanol–water partition coefficient (Wildman–Crippen LogP) is 4.15. The highest BCUT2D eigenvalue weighted by Crippen LogP contribution is 2.32. The third-order valence-corrected chi connectivity index (χ3v) is 8.15. The van der Waals surface area contributed by atoms with Crippen molar-refractivity contribution >= 4 is 21.6 Å². The molecule has 0 aromatic heterocycles. The van der Waals surface area contributed by atoms with E-state index in [1.807, 2.05) is 30.0 Å². The largest absolute Gasteiger partial charge is 0.305 e. The maximum absolute atomic E-state index is 13.5. The Bertz CT molecular complexity index is 1030. The van der Waals surface area contributed by atoms with Crippen LogP contribution in [-0.2, 0) is 16.4 Å². The molecule has 2 aliphatic heterocycles. The van der Waals surface area contributed by atoms with Crippen LogP contribution in [0.2, 0.25) is 0 Å². The molecule has 0 N–H and O–H groups in total. The fraction of sp³-hybridized carbons (Fsp3) is 0.435. The molecule has 2 aliphatic rings. The fourth-order valence-electron chi connectivity index (χ4n) is 4.39. The molecule has 29 heavy (non-hydrogen) atoms. The second kappa shape index (κ2) is 7.92. The van der Waals surface area contributed by atoms with Gasteiger partial charge in [0.2, 0.25) is 10.0 Å². The Morgan fingerprint density at radius 3 is 2.52 bits per heavy atom. The average Bonchev–Trinajstić information content (AvgIpc) is 2.74.